The van der Waals surface area contributed by atoms with Crippen LogP contribution >= 0.6 is 11.8 Å². The highest BCUT2D eigenvalue weighted by atomic mass is 32.2. The lowest BCUT2D eigenvalue weighted by Gasteiger charge is -2.46. The summed E-state index contributed by atoms with van der Waals surface area (Å²) in [7, 11) is 1.54. The van der Waals surface area contributed by atoms with E-state index in [4.69, 9.17) is 16.9 Å². The molecule has 146 valence electrons. The summed E-state index contributed by atoms with van der Waals surface area (Å²) >= 11 is 1.48. The fraction of sp³-hybridized carbons (Fsp3) is 0.474. The summed E-state index contributed by atoms with van der Waals surface area (Å²) in [5.41, 5.74) is 11.3. The Hall–Kier alpha value is -1.90. The van der Waals surface area contributed by atoms with Gasteiger partial charge in [-0.1, -0.05) is 18.2 Å². The van der Waals surface area contributed by atoms with Crippen LogP contribution in [0.3, 0.4) is 0 Å². The highest BCUT2D eigenvalue weighted by Gasteiger charge is 2.50. The van der Waals surface area contributed by atoms with E-state index < -0.39 is 22.8 Å². The van der Waals surface area contributed by atoms with Gasteiger partial charge in [0.05, 0.1) is 16.8 Å². The van der Waals surface area contributed by atoms with Crippen LogP contribution in [0.25, 0.3) is 0 Å². The predicted molar refractivity (Wildman–Crippen MR) is 107 cm³/mol. The Labute approximate surface area is 163 Å². The molecule has 1 aromatic rings. The zero-order valence-electron chi connectivity index (χ0n) is 16.0. The van der Waals surface area contributed by atoms with Crippen LogP contribution in [0.15, 0.2) is 29.2 Å². The quantitative estimate of drug-likeness (QED) is 0.631. The van der Waals surface area contributed by atoms with Gasteiger partial charge in [-0.05, 0) is 38.8 Å². The zero-order chi connectivity index (χ0) is 20.1. The highest BCUT2D eigenvalue weighted by molar-refractivity contribution is 8.04. The van der Waals surface area contributed by atoms with Crippen molar-refractivity contribution in [2.24, 2.45) is 11.5 Å². The van der Waals surface area contributed by atoms with Gasteiger partial charge >= 0.3 is 0 Å². The number of hydrogen-bond acceptors (Lipinski definition) is 5. The van der Waals surface area contributed by atoms with Crippen LogP contribution in [0.2, 0.25) is 0 Å². The molecule has 8 heteroatoms. The summed E-state index contributed by atoms with van der Waals surface area (Å²) < 4.78 is 14.8. The van der Waals surface area contributed by atoms with Crippen molar-refractivity contribution in [2.75, 3.05) is 7.05 Å². The van der Waals surface area contributed by atoms with Crippen molar-refractivity contribution in [1.82, 2.24) is 10.2 Å². The summed E-state index contributed by atoms with van der Waals surface area (Å²) in [4.78, 5) is 15.3. The number of likely N-dealkylation sites (N-methyl/N-ethyl adjacent to an activating group) is 1. The molecule has 1 amide bonds. The van der Waals surface area contributed by atoms with E-state index in [-0.39, 0.29) is 17.2 Å². The molecule has 1 aromatic carbocycles. The van der Waals surface area contributed by atoms with Crippen LogP contribution in [-0.4, -0.2) is 34.7 Å². The van der Waals surface area contributed by atoms with Crippen LogP contribution in [0.5, 0.6) is 0 Å². The van der Waals surface area contributed by atoms with Crippen molar-refractivity contribution in [1.29, 1.82) is 5.41 Å². The molecule has 2 heterocycles. The minimum Gasteiger partial charge on any atom is -0.345 e. The van der Waals surface area contributed by atoms with E-state index >= 15 is 0 Å². The standard InChI is InChI=1S/C19H26FN5OS/c1-18(2,23)11-6-5-10(9-12(11)20)15-16(26)25(4)17(22)24-19(15,3)13-7-8-14(21)27-13/h5-7,9,14-15H,8,21,23H2,1-4H3,(H2,22,24)/t14?,15-,19+/m0/s1. The number of hydrogen-bond donors (Lipinski definition) is 4. The predicted octanol–water partition coefficient (Wildman–Crippen LogP) is 2.16. The average molecular weight is 392 g/mol. The third kappa shape index (κ3) is 3.37. The molecule has 3 atom stereocenters. The third-order valence-electron chi connectivity index (χ3n) is 5.21. The first-order valence-electron chi connectivity index (χ1n) is 8.81. The molecule has 0 bridgehead atoms. The highest BCUT2D eigenvalue weighted by Crippen LogP contribution is 2.46. The minimum atomic E-state index is -0.869. The molecular weight excluding hydrogens is 365 g/mol. The second kappa shape index (κ2) is 6.61. The van der Waals surface area contributed by atoms with E-state index in [0.717, 1.165) is 4.91 Å². The molecule has 1 unspecified atom stereocenters. The van der Waals surface area contributed by atoms with E-state index in [1.54, 1.807) is 33.0 Å². The first-order chi connectivity index (χ1) is 12.4. The number of amides is 1. The Kier molecular flexibility index (Phi) is 4.86. The monoisotopic (exact) mass is 391 g/mol. The molecule has 1 fully saturated rings. The molecule has 6 N–H and O–H groups in total. The van der Waals surface area contributed by atoms with E-state index in [1.807, 2.05) is 13.0 Å². The van der Waals surface area contributed by atoms with Gasteiger partial charge in [0.2, 0.25) is 5.91 Å². The fourth-order valence-electron chi connectivity index (χ4n) is 3.68. The molecular formula is C19H26FN5OS. The van der Waals surface area contributed by atoms with Gasteiger partial charge < -0.3 is 16.8 Å². The van der Waals surface area contributed by atoms with Crippen molar-refractivity contribution >= 4 is 23.6 Å². The number of rotatable bonds is 3. The number of thioether (sulfide) groups is 1. The molecule has 2 aliphatic heterocycles. The van der Waals surface area contributed by atoms with Gasteiger partial charge in [0.25, 0.3) is 0 Å². The van der Waals surface area contributed by atoms with Crippen LogP contribution < -0.4 is 16.8 Å². The summed E-state index contributed by atoms with van der Waals surface area (Å²) in [5.74, 6) is -1.38. The van der Waals surface area contributed by atoms with E-state index in [0.29, 0.717) is 17.5 Å². The Bertz CT molecular complexity index is 834. The number of nitrogens with zero attached hydrogens (tertiary/aromatic N) is 1. The number of guanidine groups is 1. The topological polar surface area (TPSA) is 108 Å². The Balaban J connectivity index is 2.10. The van der Waals surface area contributed by atoms with Gasteiger partial charge in [0, 0.05) is 23.1 Å². The van der Waals surface area contributed by atoms with Gasteiger partial charge in [-0.2, -0.15) is 0 Å². The first-order valence-corrected chi connectivity index (χ1v) is 9.69. The Morgan fingerprint density at radius 2 is 2.11 bits per heavy atom. The van der Waals surface area contributed by atoms with Crippen molar-refractivity contribution in [2.45, 2.75) is 49.6 Å². The van der Waals surface area contributed by atoms with Crippen molar-refractivity contribution < 1.29 is 9.18 Å². The number of nitrogens with two attached hydrogens (primary N) is 2. The normalized spacial score (nSPS) is 29.0. The third-order valence-corrected chi connectivity index (χ3v) is 6.55. The second-order valence-corrected chi connectivity index (χ2v) is 9.21. The van der Waals surface area contributed by atoms with Gasteiger partial charge in [-0.15, -0.1) is 11.8 Å². The summed E-state index contributed by atoms with van der Waals surface area (Å²) in [6.07, 6.45) is 2.69. The van der Waals surface area contributed by atoms with E-state index in [2.05, 4.69) is 5.32 Å². The van der Waals surface area contributed by atoms with Gasteiger partial charge in [-0.3, -0.25) is 15.1 Å². The van der Waals surface area contributed by atoms with Gasteiger partial charge in [0.1, 0.15) is 5.82 Å². The largest absolute Gasteiger partial charge is 0.345 e. The maximum absolute atomic E-state index is 14.8. The number of nitrogens with one attached hydrogen (secondary N) is 2. The van der Waals surface area contributed by atoms with Crippen molar-refractivity contribution in [3.8, 4) is 0 Å². The van der Waals surface area contributed by atoms with Crippen LogP contribution in [-0.2, 0) is 10.3 Å². The zero-order valence-corrected chi connectivity index (χ0v) is 16.8. The molecule has 0 aromatic heterocycles. The molecule has 0 saturated carbocycles. The van der Waals surface area contributed by atoms with E-state index in [9.17, 15) is 9.18 Å². The molecule has 2 aliphatic rings. The fourth-order valence-corrected chi connectivity index (χ4v) is 4.81. The number of carbonyl (C=O) groups excluding carboxylic acids is 1. The van der Waals surface area contributed by atoms with Crippen molar-refractivity contribution in [3.05, 3.63) is 46.1 Å². The summed E-state index contributed by atoms with van der Waals surface area (Å²) in [6, 6.07) is 4.77. The molecule has 0 spiro atoms. The molecule has 0 aliphatic carbocycles. The lowest BCUT2D eigenvalue weighted by molar-refractivity contribution is -0.130. The first kappa shape index (κ1) is 19.9. The van der Waals surface area contributed by atoms with Gasteiger partial charge in [-0.25, -0.2) is 4.39 Å². The average Bonchev–Trinajstić information content (AvgIpc) is 2.99. The van der Waals surface area contributed by atoms with Crippen LogP contribution in [0.4, 0.5) is 4.39 Å². The Morgan fingerprint density at radius 3 is 2.63 bits per heavy atom. The molecule has 0 radical (unpaired) electrons. The molecule has 6 nitrogen and oxygen atoms in total. The maximum Gasteiger partial charge on any atom is 0.239 e. The molecule has 1 saturated heterocycles. The summed E-state index contributed by atoms with van der Waals surface area (Å²) in [5, 5.41) is 11.2. The second-order valence-electron chi connectivity index (χ2n) is 7.93. The minimum absolute atomic E-state index is 0.0147. The molecule has 27 heavy (non-hydrogen) atoms. The SMILES string of the molecule is CN1C(=N)N[C@](C)(C2=CCC(N)S2)[C@@H](c2ccc(C(C)(C)N)c(F)c2)C1=O. The van der Waals surface area contributed by atoms with Crippen molar-refractivity contribution in [3.63, 3.8) is 0 Å². The lowest BCUT2D eigenvalue weighted by Crippen LogP contribution is -2.64. The smallest absolute Gasteiger partial charge is 0.239 e. The van der Waals surface area contributed by atoms with Gasteiger partial charge in [0.15, 0.2) is 5.96 Å². The Morgan fingerprint density at radius 1 is 1.44 bits per heavy atom. The number of benzene rings is 1. The molecule has 3 rings (SSSR count). The van der Waals surface area contributed by atoms with Crippen LogP contribution in [0.1, 0.15) is 44.2 Å². The number of carbonyl (C=O) groups is 1. The summed E-state index contributed by atoms with van der Waals surface area (Å²) in [6.45, 7) is 5.34. The maximum atomic E-state index is 14.8. The lowest BCUT2D eigenvalue weighted by atomic mass is 9.76. The number of halogens is 1. The van der Waals surface area contributed by atoms with E-state index in [1.165, 1.54) is 22.7 Å². The van der Waals surface area contributed by atoms with Crippen LogP contribution in [0, 0.1) is 11.2 Å².